The van der Waals surface area contributed by atoms with E-state index < -0.39 is 93.6 Å². The van der Waals surface area contributed by atoms with Crippen molar-refractivity contribution < 1.29 is 51.3 Å². The van der Waals surface area contributed by atoms with Crippen LogP contribution in [0.25, 0.3) is 10.4 Å². The van der Waals surface area contributed by atoms with Crippen molar-refractivity contribution in [2.24, 2.45) is 11.3 Å². The highest BCUT2D eigenvalue weighted by atomic mass is 32.1. The van der Waals surface area contributed by atoms with E-state index in [1.165, 1.54) is 41.1 Å². The third-order valence-electron chi connectivity index (χ3n) is 14.4. The van der Waals surface area contributed by atoms with Crippen molar-refractivity contribution in [2.45, 2.75) is 128 Å². The molecule has 8 rings (SSSR count). The summed E-state index contributed by atoms with van der Waals surface area (Å²) in [6.45, 7) is 10.8. The maximum atomic E-state index is 15.5. The van der Waals surface area contributed by atoms with Crippen LogP contribution in [-0.4, -0.2) is 109 Å². The average Bonchev–Trinajstić information content (AvgIpc) is 3.68. The van der Waals surface area contributed by atoms with Gasteiger partial charge < -0.3 is 30.2 Å². The molecule has 3 aromatic carbocycles. The molecule has 0 radical (unpaired) electrons. The minimum absolute atomic E-state index is 0.00606. The number of halogens is 5. The molecule has 4 aliphatic rings. The van der Waals surface area contributed by atoms with Crippen molar-refractivity contribution >= 4 is 63.7 Å². The van der Waals surface area contributed by atoms with Crippen LogP contribution >= 0.6 is 23.6 Å². The Morgan fingerprint density at radius 3 is 2.24 bits per heavy atom. The monoisotopic (exact) mass is 1070 g/mol. The summed E-state index contributed by atoms with van der Waals surface area (Å²) in [5.74, 6) is 2.19. The summed E-state index contributed by atoms with van der Waals surface area (Å²) >= 11 is 7.07. The lowest BCUT2D eigenvalue weighted by Gasteiger charge is -2.38. The predicted octanol–water partition coefficient (Wildman–Crippen LogP) is 7.69. The zero-order valence-electron chi connectivity index (χ0n) is 42.1. The summed E-state index contributed by atoms with van der Waals surface area (Å²) in [7, 11) is 0. The second kappa shape index (κ2) is 21.0. The molecule has 21 heteroatoms. The highest BCUT2D eigenvalue weighted by Crippen LogP contribution is 2.43. The first-order valence-electron chi connectivity index (χ1n) is 24.5. The Kier molecular flexibility index (Phi) is 15.4. The first-order chi connectivity index (χ1) is 35.2. The topological polar surface area (TPSA) is 182 Å². The fourth-order valence-electron chi connectivity index (χ4n) is 9.85. The van der Waals surface area contributed by atoms with E-state index in [0.29, 0.717) is 47.6 Å². The molecular weight excluding hydrogens is 1020 g/mol. The first kappa shape index (κ1) is 54.9. The molecule has 1 saturated carbocycles. The molecule has 4 N–H and O–H groups in total. The van der Waals surface area contributed by atoms with E-state index >= 15 is 4.39 Å². The van der Waals surface area contributed by atoms with Crippen molar-refractivity contribution in [3.8, 4) is 28.4 Å². The number of alkyl halides is 4. The Morgan fingerprint density at radius 2 is 1.67 bits per heavy atom. The van der Waals surface area contributed by atoms with E-state index in [-0.39, 0.29) is 49.2 Å². The van der Waals surface area contributed by atoms with Crippen LogP contribution in [0, 0.1) is 47.2 Å². The standard InChI is InChI=1S/C54H57F5N8O6S2/c1-30-44(75-29-61-30)34-13-11-33(12-14-34)38(62-46(70)40-25-37(68)28-65(40)47(71)45(51(2,3)4)63-48(72)53(56)21-22-53)26-41(69)64-23-19-32(20-24-64)8-7-31-9-16-36(17-10-31)67-50(74)66(49(73)52(67,5)6)39-18-15-35(27-60)42(43(39)55)54(57,58)59/h9-18,29,32,37-38,40,45-46,62,68,70H,19-26,28H2,1-6H3,(H,63,72)/t37-,38+,40+,45-,46?/m1/s1. The van der Waals surface area contributed by atoms with E-state index in [1.54, 1.807) is 55.4 Å². The molecule has 0 bridgehead atoms. The SMILES string of the molecule is Cc1ncsc1-c1ccc([C@H](CC(=O)N2CCC(C#Cc3ccc(N4C(=S)N(c5ccc(C#N)c(C(F)(F)F)c5F)C(=O)C4(C)C)cc3)CC2)NC(O)[C@@H]2C[C@@H](O)CN2C(=O)[C@@H](NC(=O)C2(F)CC2)C(C)(C)C)cc1. The van der Waals surface area contributed by atoms with Crippen molar-refractivity contribution in [3.05, 3.63) is 99.9 Å². The molecule has 4 amide bonds. The summed E-state index contributed by atoms with van der Waals surface area (Å²) in [4.78, 5) is 65.5. The number of benzene rings is 3. The Balaban J connectivity index is 0.935. The van der Waals surface area contributed by atoms with Gasteiger partial charge in [0.15, 0.2) is 16.6 Å². The van der Waals surface area contributed by atoms with Gasteiger partial charge in [0.05, 0.1) is 45.5 Å². The number of hydrogen-bond donors (Lipinski definition) is 4. The number of nitriles is 1. The van der Waals surface area contributed by atoms with Gasteiger partial charge in [0.1, 0.15) is 23.4 Å². The van der Waals surface area contributed by atoms with Crippen molar-refractivity contribution in [1.82, 2.24) is 25.4 Å². The van der Waals surface area contributed by atoms with E-state index in [1.807, 2.05) is 31.2 Å². The number of aliphatic hydroxyl groups is 2. The fourth-order valence-corrected chi connectivity index (χ4v) is 11.2. The third-order valence-corrected chi connectivity index (χ3v) is 15.7. The number of aromatic nitrogens is 1. The number of piperidine rings is 1. The smallest absolute Gasteiger partial charge is 0.391 e. The molecule has 5 atom stereocenters. The number of rotatable bonds is 12. The van der Waals surface area contributed by atoms with E-state index in [4.69, 9.17) is 12.2 Å². The van der Waals surface area contributed by atoms with E-state index in [9.17, 15) is 52.2 Å². The van der Waals surface area contributed by atoms with Crippen LogP contribution in [0.5, 0.6) is 0 Å². The summed E-state index contributed by atoms with van der Waals surface area (Å²) in [6.07, 6.45) is -6.45. The molecule has 1 aromatic heterocycles. The quantitative estimate of drug-likeness (QED) is 0.0473. The van der Waals surface area contributed by atoms with Gasteiger partial charge in [0.25, 0.3) is 11.8 Å². The normalized spacial score (nSPS) is 20.8. The maximum absolute atomic E-state index is 15.5. The zero-order valence-corrected chi connectivity index (χ0v) is 43.7. The molecule has 4 heterocycles. The Hall–Kier alpha value is -6.36. The highest BCUT2D eigenvalue weighted by Gasteiger charge is 2.54. The van der Waals surface area contributed by atoms with Crippen LogP contribution in [0.15, 0.2) is 66.2 Å². The lowest BCUT2D eigenvalue weighted by atomic mass is 9.85. The Labute approximate surface area is 440 Å². The number of hydrogen-bond acceptors (Lipinski definition) is 11. The highest BCUT2D eigenvalue weighted by molar-refractivity contribution is 7.81. The third kappa shape index (κ3) is 11.3. The number of thiazole rings is 1. The van der Waals surface area contributed by atoms with E-state index in [2.05, 4.69) is 27.5 Å². The first-order valence-corrected chi connectivity index (χ1v) is 25.8. The Morgan fingerprint density at radius 1 is 1.01 bits per heavy atom. The van der Waals surface area contributed by atoms with Crippen LogP contribution in [0.4, 0.5) is 33.3 Å². The van der Waals surface area contributed by atoms with Gasteiger partial charge in [-0.25, -0.2) is 13.8 Å². The molecule has 14 nitrogen and oxygen atoms in total. The summed E-state index contributed by atoms with van der Waals surface area (Å²) in [5.41, 5.74) is -2.50. The number of β-amino-alcohol motifs (C(OH)–C–C–N with tert-alkyl or cyclic N) is 1. The molecular formula is C54H57F5N8O6S2. The lowest BCUT2D eigenvalue weighted by molar-refractivity contribution is -0.144. The zero-order chi connectivity index (χ0) is 54.5. The van der Waals surface area contributed by atoms with Gasteiger partial charge in [-0.15, -0.1) is 11.3 Å². The molecule has 0 spiro atoms. The summed E-state index contributed by atoms with van der Waals surface area (Å²) in [5, 5.41) is 37.6. The number of carbonyl (C=O) groups excluding carboxylic acids is 4. The lowest BCUT2D eigenvalue weighted by Crippen LogP contribution is -2.59. The molecule has 3 aliphatic heterocycles. The van der Waals surface area contributed by atoms with Gasteiger partial charge in [-0.05, 0) is 118 Å². The molecule has 4 fully saturated rings. The molecule has 4 aromatic rings. The van der Waals surface area contributed by atoms with Crippen molar-refractivity contribution in [3.63, 3.8) is 0 Å². The number of nitrogens with one attached hydrogen (secondary N) is 2. The van der Waals surface area contributed by atoms with Gasteiger partial charge in [-0.2, -0.15) is 18.4 Å². The van der Waals surface area contributed by atoms with Crippen LogP contribution in [0.3, 0.4) is 0 Å². The summed E-state index contributed by atoms with van der Waals surface area (Å²) in [6, 6.07) is 14.5. The van der Waals surface area contributed by atoms with Crippen LogP contribution in [0.2, 0.25) is 0 Å². The second-order valence-electron chi connectivity index (χ2n) is 21.2. The van der Waals surface area contributed by atoms with Gasteiger partial charge in [-0.3, -0.25) is 29.4 Å². The van der Waals surface area contributed by atoms with Crippen molar-refractivity contribution in [1.29, 1.82) is 5.26 Å². The number of amides is 4. The largest absolute Gasteiger partial charge is 0.420 e. The number of anilines is 2. The second-order valence-corrected chi connectivity index (χ2v) is 22.4. The number of thiocarbonyl (C=S) groups is 1. The number of carbonyl (C=O) groups is 4. The number of nitrogens with zero attached hydrogens (tertiary/aromatic N) is 6. The Bertz CT molecular complexity index is 2990. The van der Waals surface area contributed by atoms with Gasteiger partial charge in [0, 0.05) is 49.3 Å². The van der Waals surface area contributed by atoms with Gasteiger partial charge in [0.2, 0.25) is 11.8 Å². The minimum Gasteiger partial charge on any atom is -0.391 e. The van der Waals surface area contributed by atoms with Crippen LogP contribution < -0.4 is 20.4 Å². The summed E-state index contributed by atoms with van der Waals surface area (Å²) < 4.78 is 71.9. The molecule has 75 heavy (non-hydrogen) atoms. The average molecular weight is 1070 g/mol. The molecule has 1 unspecified atom stereocenters. The molecule has 396 valence electrons. The maximum Gasteiger partial charge on any atom is 0.420 e. The van der Waals surface area contributed by atoms with Gasteiger partial charge in [-0.1, -0.05) is 56.9 Å². The molecule has 1 aliphatic carbocycles. The molecule has 3 saturated heterocycles. The van der Waals surface area contributed by atoms with E-state index in [0.717, 1.165) is 28.3 Å². The van der Waals surface area contributed by atoms with Gasteiger partial charge >= 0.3 is 6.18 Å². The predicted molar refractivity (Wildman–Crippen MR) is 275 cm³/mol. The fraction of sp³-hybridized carbons (Fsp3) is 0.463. The number of aliphatic hydroxyl groups excluding tert-OH is 2. The van der Waals surface area contributed by atoms with Crippen molar-refractivity contribution in [2.75, 3.05) is 29.4 Å². The minimum atomic E-state index is -5.21. The number of aryl methyl sites for hydroxylation is 1. The van der Waals surface area contributed by atoms with Crippen LogP contribution in [0.1, 0.15) is 107 Å². The van der Waals surface area contributed by atoms with Crippen LogP contribution in [-0.2, 0) is 25.4 Å². The number of likely N-dealkylation sites (tertiary alicyclic amines) is 2.